The predicted octanol–water partition coefficient (Wildman–Crippen LogP) is 3.53. The zero-order valence-corrected chi connectivity index (χ0v) is 11.4. The Morgan fingerprint density at radius 1 is 1.15 bits per heavy atom. The summed E-state index contributed by atoms with van der Waals surface area (Å²) in [5, 5.41) is 0. The van der Waals surface area contributed by atoms with Gasteiger partial charge >= 0.3 is 0 Å². The van der Waals surface area contributed by atoms with Gasteiger partial charge in [-0.15, -0.1) is 0 Å². The van der Waals surface area contributed by atoms with Crippen LogP contribution in [0.4, 0.5) is 4.39 Å². The number of hydrogen-bond donors (Lipinski definition) is 0. The van der Waals surface area contributed by atoms with Gasteiger partial charge in [-0.05, 0) is 42.8 Å². The molecule has 0 fully saturated rings. The number of methoxy groups -OCH3 is 1. The number of aryl methyl sites for hydroxylation is 1. The number of ether oxygens (including phenoxy) is 2. The number of hydrogen-bond acceptors (Lipinski definition) is 3. The Balaban J connectivity index is 2.21. The number of rotatable bonds is 5. The Kier molecular flexibility index (Phi) is 4.35. The fourth-order valence-electron chi connectivity index (χ4n) is 1.86. The quantitative estimate of drug-likeness (QED) is 0.782. The maximum absolute atomic E-state index is 13.6. The van der Waals surface area contributed by atoms with Crippen LogP contribution in [-0.4, -0.2) is 13.4 Å². The second kappa shape index (κ2) is 6.19. The highest BCUT2D eigenvalue weighted by atomic mass is 19.1. The molecule has 2 aromatic rings. The van der Waals surface area contributed by atoms with Crippen molar-refractivity contribution >= 4 is 6.29 Å². The van der Waals surface area contributed by atoms with Crippen molar-refractivity contribution in [2.45, 2.75) is 13.5 Å². The molecule has 0 aliphatic heterocycles. The van der Waals surface area contributed by atoms with E-state index in [0.717, 1.165) is 11.8 Å². The molecule has 0 radical (unpaired) electrons. The van der Waals surface area contributed by atoms with E-state index in [-0.39, 0.29) is 12.4 Å². The molecule has 2 rings (SSSR count). The van der Waals surface area contributed by atoms with Crippen molar-refractivity contribution < 1.29 is 18.7 Å². The van der Waals surface area contributed by atoms with Gasteiger partial charge in [0.15, 0.2) is 11.6 Å². The van der Waals surface area contributed by atoms with Gasteiger partial charge in [-0.1, -0.05) is 6.07 Å². The summed E-state index contributed by atoms with van der Waals surface area (Å²) in [5.74, 6) is 0.369. The molecular weight excluding hydrogens is 259 g/mol. The zero-order valence-electron chi connectivity index (χ0n) is 11.4. The molecule has 0 spiro atoms. The molecule has 0 aromatic heterocycles. The number of aldehydes is 1. The molecule has 3 nitrogen and oxygen atoms in total. The number of benzene rings is 2. The molecule has 0 N–H and O–H groups in total. The Labute approximate surface area is 117 Å². The lowest BCUT2D eigenvalue weighted by Crippen LogP contribution is -2.01. The molecule has 4 heteroatoms. The van der Waals surface area contributed by atoms with Gasteiger partial charge in [0, 0.05) is 11.1 Å². The molecular formula is C16H15FO3. The van der Waals surface area contributed by atoms with E-state index in [2.05, 4.69) is 0 Å². The maximum atomic E-state index is 13.6. The van der Waals surface area contributed by atoms with Gasteiger partial charge in [-0.3, -0.25) is 4.79 Å². The van der Waals surface area contributed by atoms with Crippen LogP contribution < -0.4 is 9.47 Å². The summed E-state index contributed by atoms with van der Waals surface area (Å²) in [5.41, 5.74) is 2.13. The van der Waals surface area contributed by atoms with Crippen LogP contribution in [0, 0.1) is 12.7 Å². The van der Waals surface area contributed by atoms with Crippen molar-refractivity contribution in [1.82, 2.24) is 0 Å². The number of carbonyl (C=O) groups excluding carboxylic acids is 1. The largest absolute Gasteiger partial charge is 0.496 e. The highest BCUT2D eigenvalue weighted by Gasteiger charge is 2.08. The predicted molar refractivity (Wildman–Crippen MR) is 73.9 cm³/mol. The standard InChI is InChI=1S/C16H15FO3/c1-11-3-5-14(17)16(7-11)20-10-13-8-12(9-18)4-6-15(13)19-2/h3-9H,10H2,1-2H3. The van der Waals surface area contributed by atoms with Gasteiger partial charge in [0.05, 0.1) is 7.11 Å². The lowest BCUT2D eigenvalue weighted by atomic mass is 10.1. The average molecular weight is 274 g/mol. The summed E-state index contributed by atoms with van der Waals surface area (Å²) in [4.78, 5) is 10.8. The van der Waals surface area contributed by atoms with Crippen molar-refractivity contribution in [3.05, 3.63) is 58.9 Å². The van der Waals surface area contributed by atoms with Crippen LogP contribution in [-0.2, 0) is 6.61 Å². The molecule has 0 unspecified atom stereocenters. The third-order valence-corrected chi connectivity index (χ3v) is 2.91. The van der Waals surface area contributed by atoms with E-state index < -0.39 is 5.82 Å². The first-order chi connectivity index (χ1) is 9.63. The Hall–Kier alpha value is -2.36. The number of carbonyl (C=O) groups is 1. The first-order valence-electron chi connectivity index (χ1n) is 6.15. The summed E-state index contributed by atoms with van der Waals surface area (Å²) < 4.78 is 24.3. The van der Waals surface area contributed by atoms with Crippen LogP contribution in [0.3, 0.4) is 0 Å². The highest BCUT2D eigenvalue weighted by Crippen LogP contribution is 2.24. The third kappa shape index (κ3) is 3.15. The summed E-state index contributed by atoms with van der Waals surface area (Å²) in [7, 11) is 1.53. The lowest BCUT2D eigenvalue weighted by Gasteiger charge is -2.11. The first kappa shape index (κ1) is 14.1. The molecule has 0 bridgehead atoms. The molecule has 0 amide bonds. The van der Waals surface area contributed by atoms with E-state index in [1.165, 1.54) is 13.2 Å². The second-order valence-corrected chi connectivity index (χ2v) is 4.41. The van der Waals surface area contributed by atoms with Gasteiger partial charge in [0.1, 0.15) is 18.6 Å². The van der Waals surface area contributed by atoms with E-state index >= 15 is 0 Å². The minimum absolute atomic E-state index is 0.130. The average Bonchev–Trinajstić information content (AvgIpc) is 2.47. The molecule has 0 atom stereocenters. The Morgan fingerprint density at radius 3 is 2.65 bits per heavy atom. The van der Waals surface area contributed by atoms with E-state index in [1.54, 1.807) is 30.3 Å². The molecule has 0 saturated heterocycles. The highest BCUT2D eigenvalue weighted by molar-refractivity contribution is 5.75. The summed E-state index contributed by atoms with van der Waals surface area (Å²) in [6.07, 6.45) is 0.746. The molecule has 2 aromatic carbocycles. The van der Waals surface area contributed by atoms with Gasteiger partial charge in [-0.2, -0.15) is 0 Å². The Morgan fingerprint density at radius 2 is 1.95 bits per heavy atom. The van der Waals surface area contributed by atoms with Crippen molar-refractivity contribution in [1.29, 1.82) is 0 Å². The molecule has 20 heavy (non-hydrogen) atoms. The van der Waals surface area contributed by atoms with Crippen LogP contribution in [0.5, 0.6) is 11.5 Å². The van der Waals surface area contributed by atoms with Crippen molar-refractivity contribution in [2.75, 3.05) is 7.11 Å². The van der Waals surface area contributed by atoms with Gasteiger partial charge in [0.25, 0.3) is 0 Å². The van der Waals surface area contributed by atoms with Gasteiger partial charge in [-0.25, -0.2) is 4.39 Å². The van der Waals surface area contributed by atoms with E-state index in [4.69, 9.17) is 9.47 Å². The molecule has 0 heterocycles. The van der Waals surface area contributed by atoms with Crippen molar-refractivity contribution in [2.24, 2.45) is 0 Å². The normalized spacial score (nSPS) is 10.2. The molecule has 104 valence electrons. The van der Waals surface area contributed by atoms with Crippen molar-refractivity contribution in [3.63, 3.8) is 0 Å². The van der Waals surface area contributed by atoms with Crippen LogP contribution in [0.1, 0.15) is 21.5 Å². The summed E-state index contributed by atoms with van der Waals surface area (Å²) in [6, 6.07) is 9.68. The van der Waals surface area contributed by atoms with Crippen LogP contribution in [0.15, 0.2) is 36.4 Å². The summed E-state index contributed by atoms with van der Waals surface area (Å²) >= 11 is 0. The fourth-order valence-corrected chi connectivity index (χ4v) is 1.86. The second-order valence-electron chi connectivity index (χ2n) is 4.41. The zero-order chi connectivity index (χ0) is 14.5. The van der Waals surface area contributed by atoms with E-state index in [1.807, 2.05) is 6.92 Å². The minimum Gasteiger partial charge on any atom is -0.496 e. The topological polar surface area (TPSA) is 35.5 Å². The monoisotopic (exact) mass is 274 g/mol. The number of halogens is 1. The molecule has 0 aliphatic carbocycles. The van der Waals surface area contributed by atoms with Crippen LogP contribution in [0.25, 0.3) is 0 Å². The maximum Gasteiger partial charge on any atom is 0.165 e. The SMILES string of the molecule is COc1ccc(C=O)cc1COc1cc(C)ccc1F. The summed E-state index contributed by atoms with van der Waals surface area (Å²) in [6.45, 7) is 1.99. The van der Waals surface area contributed by atoms with Crippen molar-refractivity contribution in [3.8, 4) is 11.5 Å². The fraction of sp³-hybridized carbons (Fsp3) is 0.188. The van der Waals surface area contributed by atoms with E-state index in [9.17, 15) is 9.18 Å². The van der Waals surface area contributed by atoms with Crippen LogP contribution >= 0.6 is 0 Å². The Bertz CT molecular complexity index is 623. The smallest absolute Gasteiger partial charge is 0.165 e. The first-order valence-corrected chi connectivity index (χ1v) is 6.15. The third-order valence-electron chi connectivity index (χ3n) is 2.91. The molecule has 0 aliphatic rings. The van der Waals surface area contributed by atoms with Gasteiger partial charge < -0.3 is 9.47 Å². The molecule has 0 saturated carbocycles. The van der Waals surface area contributed by atoms with Crippen LogP contribution in [0.2, 0.25) is 0 Å². The van der Waals surface area contributed by atoms with Gasteiger partial charge in [0.2, 0.25) is 0 Å². The van der Waals surface area contributed by atoms with E-state index in [0.29, 0.717) is 16.9 Å². The minimum atomic E-state index is -0.416. The lowest BCUT2D eigenvalue weighted by molar-refractivity contribution is 0.112.